The van der Waals surface area contributed by atoms with Crippen LogP contribution < -0.4 is 0 Å². The molecule has 2 aromatic carbocycles. The highest BCUT2D eigenvalue weighted by Crippen LogP contribution is 2.33. The molecule has 0 bridgehead atoms. The first-order valence-electron chi connectivity index (χ1n) is 5.84. The fourth-order valence-electron chi connectivity index (χ4n) is 1.81. The lowest BCUT2D eigenvalue weighted by Crippen LogP contribution is -2.22. The molecule has 0 heterocycles. The van der Waals surface area contributed by atoms with Gasteiger partial charge in [0, 0.05) is 19.7 Å². The van der Waals surface area contributed by atoms with Crippen LogP contribution in [0, 0.1) is 0 Å². The van der Waals surface area contributed by atoms with Gasteiger partial charge in [0.2, 0.25) is 10.0 Å². The van der Waals surface area contributed by atoms with Gasteiger partial charge in [-0.3, -0.25) is 0 Å². The van der Waals surface area contributed by atoms with Gasteiger partial charge in [0.05, 0.1) is 9.92 Å². The number of sulfonamides is 1. The highest BCUT2D eigenvalue weighted by atomic mass is 35.5. The molecule has 0 spiro atoms. The average Bonchev–Trinajstić information content (AvgIpc) is 2.41. The van der Waals surface area contributed by atoms with Crippen LogP contribution in [0.5, 0.6) is 5.75 Å². The predicted molar refractivity (Wildman–Crippen MR) is 79.4 cm³/mol. The number of benzene rings is 2. The van der Waals surface area contributed by atoms with Crippen LogP contribution >= 0.6 is 11.6 Å². The van der Waals surface area contributed by atoms with Crippen molar-refractivity contribution in [3.05, 3.63) is 47.5 Å². The molecule has 1 N–H and O–H groups in total. The van der Waals surface area contributed by atoms with Crippen molar-refractivity contribution in [3.63, 3.8) is 0 Å². The summed E-state index contributed by atoms with van der Waals surface area (Å²) >= 11 is 5.77. The van der Waals surface area contributed by atoms with Gasteiger partial charge in [-0.25, -0.2) is 12.7 Å². The molecule has 0 unspecified atom stereocenters. The third-order valence-corrected chi connectivity index (χ3v) is 5.10. The first kappa shape index (κ1) is 14.8. The maximum atomic E-state index is 12.3. The van der Waals surface area contributed by atoms with Crippen LogP contribution in [0.3, 0.4) is 0 Å². The maximum Gasteiger partial charge on any atom is 0.243 e. The minimum Gasteiger partial charge on any atom is -0.506 e. The van der Waals surface area contributed by atoms with Gasteiger partial charge in [-0.05, 0) is 23.8 Å². The highest BCUT2D eigenvalue weighted by molar-refractivity contribution is 7.89. The fraction of sp³-hybridized carbons (Fsp3) is 0.143. The number of phenols is 1. The van der Waals surface area contributed by atoms with Crippen molar-refractivity contribution < 1.29 is 13.5 Å². The second-order valence-electron chi connectivity index (χ2n) is 4.45. The van der Waals surface area contributed by atoms with E-state index in [-0.39, 0.29) is 15.7 Å². The SMILES string of the molecule is CN(C)S(=O)(=O)c1ccccc1-c1ccc(Cl)c(O)c1. The third kappa shape index (κ3) is 2.65. The molecule has 106 valence electrons. The van der Waals surface area contributed by atoms with Crippen molar-refractivity contribution in [1.82, 2.24) is 4.31 Å². The minimum atomic E-state index is -3.56. The molecule has 2 rings (SSSR count). The van der Waals surface area contributed by atoms with Gasteiger partial charge in [-0.2, -0.15) is 0 Å². The molecule has 6 heteroatoms. The van der Waals surface area contributed by atoms with E-state index in [0.29, 0.717) is 11.1 Å². The Bertz CT molecular complexity index is 742. The lowest BCUT2D eigenvalue weighted by atomic mass is 10.1. The van der Waals surface area contributed by atoms with Crippen LogP contribution in [0.4, 0.5) is 0 Å². The molecule has 0 aliphatic heterocycles. The summed E-state index contributed by atoms with van der Waals surface area (Å²) in [5.74, 6) is -0.0822. The summed E-state index contributed by atoms with van der Waals surface area (Å²) in [6.07, 6.45) is 0. The molecular formula is C14H14ClNO3S. The van der Waals surface area contributed by atoms with E-state index >= 15 is 0 Å². The number of hydrogen-bond donors (Lipinski definition) is 1. The van der Waals surface area contributed by atoms with Crippen molar-refractivity contribution in [3.8, 4) is 16.9 Å². The van der Waals surface area contributed by atoms with Crippen LogP contribution in [-0.2, 0) is 10.0 Å². The zero-order valence-electron chi connectivity index (χ0n) is 11.0. The van der Waals surface area contributed by atoms with Gasteiger partial charge < -0.3 is 5.11 Å². The molecule has 0 saturated carbocycles. The normalized spacial score (nSPS) is 11.8. The first-order valence-corrected chi connectivity index (χ1v) is 7.66. The smallest absolute Gasteiger partial charge is 0.243 e. The van der Waals surface area contributed by atoms with E-state index in [1.54, 1.807) is 24.3 Å². The van der Waals surface area contributed by atoms with Gasteiger partial charge in [-0.1, -0.05) is 35.9 Å². The van der Waals surface area contributed by atoms with Crippen molar-refractivity contribution >= 4 is 21.6 Å². The molecule has 4 nitrogen and oxygen atoms in total. The number of halogens is 1. The van der Waals surface area contributed by atoms with E-state index in [9.17, 15) is 13.5 Å². The average molecular weight is 312 g/mol. The van der Waals surface area contributed by atoms with Crippen molar-refractivity contribution in [2.75, 3.05) is 14.1 Å². The summed E-state index contributed by atoms with van der Waals surface area (Å²) in [7, 11) is -0.605. The molecule has 0 atom stereocenters. The molecule has 0 saturated heterocycles. The number of hydrogen-bond acceptors (Lipinski definition) is 3. The van der Waals surface area contributed by atoms with Crippen LogP contribution in [0.1, 0.15) is 0 Å². The van der Waals surface area contributed by atoms with Gasteiger partial charge in [0.1, 0.15) is 5.75 Å². The molecule has 0 amide bonds. The monoisotopic (exact) mass is 311 g/mol. The Hall–Kier alpha value is -1.56. The Morgan fingerprint density at radius 1 is 1.10 bits per heavy atom. The predicted octanol–water partition coefficient (Wildman–Crippen LogP) is 2.96. The van der Waals surface area contributed by atoms with Crippen LogP contribution in [0.2, 0.25) is 5.02 Å². The lowest BCUT2D eigenvalue weighted by molar-refractivity contribution is 0.476. The van der Waals surface area contributed by atoms with E-state index in [4.69, 9.17) is 11.6 Å². The number of rotatable bonds is 3. The van der Waals surface area contributed by atoms with E-state index in [2.05, 4.69) is 0 Å². The second-order valence-corrected chi connectivity index (χ2v) is 6.98. The second kappa shape index (κ2) is 5.44. The Labute approximate surface area is 123 Å². The quantitative estimate of drug-likeness (QED) is 0.948. The third-order valence-electron chi connectivity index (χ3n) is 2.90. The van der Waals surface area contributed by atoms with Crippen LogP contribution in [0.15, 0.2) is 47.4 Å². The maximum absolute atomic E-state index is 12.3. The van der Waals surface area contributed by atoms with Gasteiger partial charge in [-0.15, -0.1) is 0 Å². The Kier molecular flexibility index (Phi) is 4.04. The summed E-state index contributed by atoms with van der Waals surface area (Å²) in [5.41, 5.74) is 1.11. The van der Waals surface area contributed by atoms with E-state index < -0.39 is 10.0 Å². The molecule has 2 aromatic rings. The van der Waals surface area contributed by atoms with Gasteiger partial charge in [0.15, 0.2) is 0 Å². The lowest BCUT2D eigenvalue weighted by Gasteiger charge is -2.15. The summed E-state index contributed by atoms with van der Waals surface area (Å²) in [6, 6.07) is 11.3. The number of nitrogens with zero attached hydrogens (tertiary/aromatic N) is 1. The van der Waals surface area contributed by atoms with Crippen molar-refractivity contribution in [1.29, 1.82) is 0 Å². The molecule has 0 aromatic heterocycles. The molecular weight excluding hydrogens is 298 g/mol. The fourth-order valence-corrected chi connectivity index (χ4v) is 3.03. The molecule has 0 aliphatic rings. The summed E-state index contributed by atoms with van der Waals surface area (Å²) < 4.78 is 25.8. The zero-order valence-corrected chi connectivity index (χ0v) is 12.6. The van der Waals surface area contributed by atoms with Crippen LogP contribution in [0.25, 0.3) is 11.1 Å². The summed E-state index contributed by atoms with van der Waals surface area (Å²) in [6.45, 7) is 0. The van der Waals surface area contributed by atoms with Gasteiger partial charge >= 0.3 is 0 Å². The summed E-state index contributed by atoms with van der Waals surface area (Å²) in [4.78, 5) is 0.187. The first-order chi connectivity index (χ1) is 9.34. The van der Waals surface area contributed by atoms with Crippen LogP contribution in [-0.4, -0.2) is 31.9 Å². The number of phenolic OH excluding ortho intramolecular Hbond substituents is 1. The summed E-state index contributed by atoms with van der Waals surface area (Å²) in [5, 5.41) is 9.90. The Morgan fingerprint density at radius 3 is 2.35 bits per heavy atom. The van der Waals surface area contributed by atoms with Crippen molar-refractivity contribution in [2.45, 2.75) is 4.90 Å². The Balaban J connectivity index is 2.67. The minimum absolute atomic E-state index is 0.0822. The van der Waals surface area contributed by atoms with E-state index in [1.165, 1.54) is 32.3 Å². The molecule has 0 aliphatic carbocycles. The zero-order chi connectivity index (χ0) is 14.9. The van der Waals surface area contributed by atoms with E-state index in [1.807, 2.05) is 0 Å². The molecule has 20 heavy (non-hydrogen) atoms. The Morgan fingerprint density at radius 2 is 1.75 bits per heavy atom. The number of aromatic hydroxyl groups is 1. The molecule has 0 fully saturated rings. The highest BCUT2D eigenvalue weighted by Gasteiger charge is 2.21. The van der Waals surface area contributed by atoms with Crippen molar-refractivity contribution in [2.24, 2.45) is 0 Å². The standard InChI is InChI=1S/C14H14ClNO3S/c1-16(2)20(18,19)14-6-4-3-5-11(14)10-7-8-12(15)13(17)9-10/h3-9,17H,1-2H3. The largest absolute Gasteiger partial charge is 0.506 e. The molecule has 0 radical (unpaired) electrons. The van der Waals surface area contributed by atoms with Gasteiger partial charge in [0.25, 0.3) is 0 Å². The van der Waals surface area contributed by atoms with E-state index in [0.717, 1.165) is 4.31 Å². The topological polar surface area (TPSA) is 57.6 Å².